The van der Waals surface area contributed by atoms with E-state index in [1.165, 1.54) is 22.0 Å². The van der Waals surface area contributed by atoms with Crippen molar-refractivity contribution in [1.29, 1.82) is 0 Å². The Hall–Kier alpha value is -4.95. The number of unbranched alkanes of at least 4 members (excludes halogenated alkanes) is 2. The molecule has 1 aromatic rings. The minimum absolute atomic E-state index is 0.00707. The number of likely N-dealkylation sites (N-methyl/N-ethyl adjacent to an activating group) is 1. The molecular weight excluding hydrogens is 564 g/mol. The Morgan fingerprint density at radius 3 is 2.23 bits per heavy atom. The SMILES string of the molecule is CN(C(=O)OCc1ccc(NC(=O)CNC(=O)CNC(=O)CCCCCN2C(=O)C=CC2=O)cc1)C1CCN(C(=O)O)C1. The van der Waals surface area contributed by atoms with Crippen LogP contribution in [0.3, 0.4) is 0 Å². The average molecular weight is 601 g/mol. The molecule has 3 rings (SSSR count). The Morgan fingerprint density at radius 2 is 1.58 bits per heavy atom. The minimum atomic E-state index is -1.02. The molecule has 1 unspecified atom stereocenters. The number of rotatable bonds is 14. The van der Waals surface area contributed by atoms with Gasteiger partial charge in [-0.15, -0.1) is 0 Å². The number of carboxylic acid groups (broad SMARTS) is 1. The van der Waals surface area contributed by atoms with E-state index in [9.17, 15) is 33.6 Å². The summed E-state index contributed by atoms with van der Waals surface area (Å²) in [7, 11) is 1.57. The van der Waals surface area contributed by atoms with Crippen molar-refractivity contribution in [2.75, 3.05) is 45.1 Å². The fourth-order valence-corrected chi connectivity index (χ4v) is 4.41. The van der Waals surface area contributed by atoms with Crippen LogP contribution >= 0.6 is 0 Å². The quantitative estimate of drug-likeness (QED) is 0.175. The number of hydrogen-bond donors (Lipinski definition) is 4. The first-order chi connectivity index (χ1) is 20.5. The molecule has 7 amide bonds. The van der Waals surface area contributed by atoms with Crippen LogP contribution in [-0.2, 0) is 35.3 Å². The number of imide groups is 1. The molecule has 2 aliphatic rings. The second kappa shape index (κ2) is 15.9. The van der Waals surface area contributed by atoms with Crippen LogP contribution in [0, 0.1) is 0 Å². The van der Waals surface area contributed by atoms with Crippen LogP contribution in [0.2, 0.25) is 0 Å². The molecule has 0 aromatic heterocycles. The smallest absolute Gasteiger partial charge is 0.410 e. The lowest BCUT2D eigenvalue weighted by molar-refractivity contribution is -0.137. The molecule has 1 saturated heterocycles. The molecule has 1 atom stereocenters. The Labute approximate surface area is 248 Å². The third-order valence-electron chi connectivity index (χ3n) is 6.95. The van der Waals surface area contributed by atoms with Crippen LogP contribution in [0.4, 0.5) is 15.3 Å². The van der Waals surface area contributed by atoms with Crippen LogP contribution in [0.1, 0.15) is 37.7 Å². The van der Waals surface area contributed by atoms with Crippen LogP contribution in [0.25, 0.3) is 0 Å². The molecule has 15 nitrogen and oxygen atoms in total. The highest BCUT2D eigenvalue weighted by atomic mass is 16.6. The second-order valence-electron chi connectivity index (χ2n) is 10.1. The zero-order chi connectivity index (χ0) is 31.4. The predicted molar refractivity (Wildman–Crippen MR) is 151 cm³/mol. The van der Waals surface area contributed by atoms with E-state index in [1.807, 2.05) is 0 Å². The van der Waals surface area contributed by atoms with E-state index in [1.54, 1.807) is 31.3 Å². The Bertz CT molecular complexity index is 1230. The number of likely N-dealkylation sites (tertiary alicyclic amines) is 1. The molecule has 4 N–H and O–H groups in total. The number of hydrogen-bond acceptors (Lipinski definition) is 8. The summed E-state index contributed by atoms with van der Waals surface area (Å²) in [4.78, 5) is 86.2. The van der Waals surface area contributed by atoms with E-state index in [0.717, 1.165) is 4.90 Å². The van der Waals surface area contributed by atoms with Crippen molar-refractivity contribution in [1.82, 2.24) is 25.3 Å². The van der Waals surface area contributed by atoms with Gasteiger partial charge in [0.15, 0.2) is 0 Å². The van der Waals surface area contributed by atoms with E-state index < -0.39 is 24.0 Å². The number of benzene rings is 1. The van der Waals surface area contributed by atoms with Crippen molar-refractivity contribution in [3.63, 3.8) is 0 Å². The molecular formula is C28H36N6O9. The van der Waals surface area contributed by atoms with Crippen LogP contribution in [0.15, 0.2) is 36.4 Å². The molecule has 0 aliphatic carbocycles. The summed E-state index contributed by atoms with van der Waals surface area (Å²) < 4.78 is 5.31. The number of carbonyl (C=O) groups excluding carboxylic acids is 6. The predicted octanol–water partition coefficient (Wildman–Crippen LogP) is 0.664. The third-order valence-corrected chi connectivity index (χ3v) is 6.95. The first kappa shape index (κ1) is 32.6. The lowest BCUT2D eigenvalue weighted by Crippen LogP contribution is -2.40. The van der Waals surface area contributed by atoms with Crippen molar-refractivity contribution in [2.45, 2.75) is 44.8 Å². The fraction of sp³-hybridized carbons (Fsp3) is 0.464. The molecule has 1 aromatic carbocycles. The molecule has 0 spiro atoms. The van der Waals surface area contributed by atoms with Gasteiger partial charge in [0.25, 0.3) is 11.8 Å². The zero-order valence-corrected chi connectivity index (χ0v) is 23.9. The molecule has 2 aliphatic heterocycles. The van der Waals surface area contributed by atoms with Gasteiger partial charge in [-0.1, -0.05) is 18.6 Å². The van der Waals surface area contributed by atoms with Crippen molar-refractivity contribution in [3.8, 4) is 0 Å². The van der Waals surface area contributed by atoms with Crippen molar-refractivity contribution in [2.24, 2.45) is 0 Å². The summed E-state index contributed by atoms with van der Waals surface area (Å²) in [5.74, 6) is -2.00. The first-order valence-electron chi connectivity index (χ1n) is 13.9. The topological polar surface area (TPSA) is 195 Å². The maximum absolute atomic E-state index is 12.3. The van der Waals surface area contributed by atoms with Gasteiger partial charge < -0.3 is 35.6 Å². The number of amides is 7. The molecule has 0 radical (unpaired) electrons. The summed E-state index contributed by atoms with van der Waals surface area (Å²) in [6.45, 7) is 0.305. The van der Waals surface area contributed by atoms with Crippen molar-refractivity contribution < 1.29 is 43.4 Å². The highest BCUT2D eigenvalue weighted by Crippen LogP contribution is 2.16. The Morgan fingerprint density at radius 1 is 0.930 bits per heavy atom. The number of ether oxygens (including phenoxy) is 1. The van der Waals surface area contributed by atoms with Gasteiger partial charge in [0.2, 0.25) is 17.7 Å². The van der Waals surface area contributed by atoms with E-state index in [2.05, 4.69) is 16.0 Å². The summed E-state index contributed by atoms with van der Waals surface area (Å²) in [6, 6.07) is 6.32. The van der Waals surface area contributed by atoms with E-state index in [4.69, 9.17) is 9.84 Å². The minimum Gasteiger partial charge on any atom is -0.465 e. The maximum atomic E-state index is 12.3. The van der Waals surface area contributed by atoms with Gasteiger partial charge in [-0.25, -0.2) is 9.59 Å². The van der Waals surface area contributed by atoms with Gasteiger partial charge in [-0.2, -0.15) is 0 Å². The summed E-state index contributed by atoms with van der Waals surface area (Å²) >= 11 is 0. The van der Waals surface area contributed by atoms with Gasteiger partial charge in [-0.3, -0.25) is 28.9 Å². The fourth-order valence-electron chi connectivity index (χ4n) is 4.41. The summed E-state index contributed by atoms with van der Waals surface area (Å²) in [6.07, 6.45) is 3.34. The van der Waals surface area contributed by atoms with Crippen LogP contribution in [-0.4, -0.2) is 107 Å². The van der Waals surface area contributed by atoms with Crippen molar-refractivity contribution >= 4 is 47.4 Å². The number of anilines is 1. The Kier molecular flexibility index (Phi) is 12.0. The number of carbonyl (C=O) groups is 7. The van der Waals surface area contributed by atoms with E-state index in [-0.39, 0.29) is 56.4 Å². The normalized spacial score (nSPS) is 15.8. The van der Waals surface area contributed by atoms with E-state index >= 15 is 0 Å². The van der Waals surface area contributed by atoms with Crippen LogP contribution in [0.5, 0.6) is 0 Å². The van der Waals surface area contributed by atoms with Gasteiger partial charge >= 0.3 is 12.2 Å². The summed E-state index contributed by atoms with van der Waals surface area (Å²) in [5, 5.41) is 16.6. The highest BCUT2D eigenvalue weighted by molar-refractivity contribution is 6.12. The average Bonchev–Trinajstić information content (AvgIpc) is 3.61. The molecule has 0 bridgehead atoms. The molecule has 43 heavy (non-hydrogen) atoms. The molecule has 0 saturated carbocycles. The zero-order valence-electron chi connectivity index (χ0n) is 23.9. The monoisotopic (exact) mass is 600 g/mol. The summed E-state index contributed by atoms with van der Waals surface area (Å²) in [5.41, 5.74) is 1.14. The standard InChI is InChI=1S/C28H36N6O9/c1-32(21-12-14-33(17-21)27(40)41)28(42)43-18-19-6-8-20(9-7-19)31-24(37)16-30-23(36)15-29-22(35)5-3-2-4-13-34-25(38)10-11-26(34)39/h6-11,21H,2-5,12-18H2,1H3,(H,29,35)(H,30,36)(H,31,37)(H,40,41). The lowest BCUT2D eigenvalue weighted by atomic mass is 10.2. The molecule has 232 valence electrons. The lowest BCUT2D eigenvalue weighted by Gasteiger charge is -2.23. The molecule has 2 heterocycles. The van der Waals surface area contributed by atoms with Crippen LogP contribution < -0.4 is 16.0 Å². The highest BCUT2D eigenvalue weighted by Gasteiger charge is 2.31. The number of nitrogens with one attached hydrogen (secondary N) is 3. The van der Waals surface area contributed by atoms with Crippen molar-refractivity contribution in [3.05, 3.63) is 42.0 Å². The maximum Gasteiger partial charge on any atom is 0.410 e. The molecule has 1 fully saturated rings. The largest absolute Gasteiger partial charge is 0.465 e. The van der Waals surface area contributed by atoms with Gasteiger partial charge in [0.1, 0.15) is 6.61 Å². The Balaban J connectivity index is 1.24. The third kappa shape index (κ3) is 10.4. The van der Waals surface area contributed by atoms with Gasteiger partial charge in [0.05, 0.1) is 19.1 Å². The molecule has 15 heteroatoms. The first-order valence-corrected chi connectivity index (χ1v) is 13.9. The van der Waals surface area contributed by atoms with Gasteiger partial charge in [0, 0.05) is 50.9 Å². The second-order valence-corrected chi connectivity index (χ2v) is 10.1. The number of nitrogens with zero attached hydrogens (tertiary/aromatic N) is 3. The van der Waals surface area contributed by atoms with E-state index in [0.29, 0.717) is 50.0 Å². The van der Waals surface area contributed by atoms with Gasteiger partial charge in [-0.05, 0) is 37.0 Å².